The number of aliphatic hydroxyl groups is 1. The summed E-state index contributed by atoms with van der Waals surface area (Å²) >= 11 is 0. The predicted octanol–water partition coefficient (Wildman–Crippen LogP) is 10.9. The normalized spacial score (nSPS) is 20.2. The van der Waals surface area contributed by atoms with Gasteiger partial charge in [0, 0.05) is 0 Å². The molecule has 1 fully saturated rings. The number of ether oxygens (including phenoxy) is 2. The summed E-state index contributed by atoms with van der Waals surface area (Å²) < 4.78 is 11.7. The molecule has 0 heterocycles. The highest BCUT2D eigenvalue weighted by molar-refractivity contribution is 5.67. The van der Waals surface area contributed by atoms with Crippen molar-refractivity contribution in [1.29, 1.82) is 0 Å². The van der Waals surface area contributed by atoms with Crippen LogP contribution in [-0.2, 0) is 18.8 Å². The molecule has 4 aromatic rings. The van der Waals surface area contributed by atoms with Crippen molar-refractivity contribution in [3.05, 3.63) is 138 Å². The molecule has 0 saturated heterocycles. The maximum atomic E-state index is 11.0. The van der Waals surface area contributed by atoms with Crippen molar-refractivity contribution >= 4 is 5.57 Å². The van der Waals surface area contributed by atoms with Crippen LogP contribution < -0.4 is 9.47 Å². The van der Waals surface area contributed by atoms with Gasteiger partial charge < -0.3 is 14.6 Å². The van der Waals surface area contributed by atoms with Gasteiger partial charge in [0.1, 0.15) is 24.7 Å². The lowest BCUT2D eigenvalue weighted by Gasteiger charge is -2.42. The summed E-state index contributed by atoms with van der Waals surface area (Å²) in [6, 6.07) is 36.9. The van der Waals surface area contributed by atoms with Crippen LogP contribution in [0.25, 0.3) is 5.57 Å². The molecule has 236 valence electrons. The van der Waals surface area contributed by atoms with Crippen LogP contribution in [-0.4, -0.2) is 5.11 Å². The van der Waals surface area contributed by atoms with Crippen molar-refractivity contribution in [3.8, 4) is 11.5 Å². The first-order valence-corrected chi connectivity index (χ1v) is 16.6. The van der Waals surface area contributed by atoms with E-state index in [1.165, 1.54) is 42.4 Å². The molecule has 0 spiro atoms. The maximum absolute atomic E-state index is 11.0. The van der Waals surface area contributed by atoms with Crippen molar-refractivity contribution in [1.82, 2.24) is 0 Å². The number of allylic oxidation sites excluding steroid dienone is 2. The third-order valence-electron chi connectivity index (χ3n) is 9.16. The van der Waals surface area contributed by atoms with Crippen LogP contribution >= 0.6 is 0 Å². The van der Waals surface area contributed by atoms with E-state index in [1.54, 1.807) is 0 Å². The van der Waals surface area contributed by atoms with Crippen molar-refractivity contribution in [3.63, 3.8) is 0 Å². The predicted molar refractivity (Wildman–Crippen MR) is 186 cm³/mol. The van der Waals surface area contributed by atoms with Gasteiger partial charge in [-0.15, -0.1) is 0 Å². The standard InChI is InChI=1S/C21H26O2.C21H24O/c1-20(2)13-6-14-21(22,16-20)18-9-11-19(12-10-18)23-15-17-7-4-3-5-8-17;1-21(2)14-6-9-19(15-21)18-10-12-20(13-11-18)22-16-17-7-4-3-5-8-17/h3-5,7-12,22H,6,13-16H2,1-2H3;3-5,7-8,10-13,15H,6,9,14,16H2,1-2H3. The van der Waals surface area contributed by atoms with E-state index >= 15 is 0 Å². The first kappa shape index (κ1) is 32.6. The highest BCUT2D eigenvalue weighted by atomic mass is 16.5. The van der Waals surface area contributed by atoms with Gasteiger partial charge in [0.2, 0.25) is 0 Å². The van der Waals surface area contributed by atoms with Gasteiger partial charge in [0.25, 0.3) is 0 Å². The van der Waals surface area contributed by atoms with Crippen LogP contribution in [0.15, 0.2) is 115 Å². The second-order valence-corrected chi connectivity index (χ2v) is 14.3. The fraction of sp³-hybridized carbons (Fsp3) is 0.381. The molecule has 0 aromatic heterocycles. The van der Waals surface area contributed by atoms with Gasteiger partial charge in [-0.3, -0.25) is 0 Å². The third-order valence-corrected chi connectivity index (χ3v) is 9.16. The Balaban J connectivity index is 0.000000178. The Bertz CT molecular complexity index is 1500. The molecule has 2 aliphatic rings. The van der Waals surface area contributed by atoms with Gasteiger partial charge in [-0.25, -0.2) is 0 Å². The molecular formula is C42H50O3. The maximum Gasteiger partial charge on any atom is 0.119 e. The van der Waals surface area contributed by atoms with E-state index in [-0.39, 0.29) is 5.41 Å². The molecule has 1 N–H and O–H groups in total. The second kappa shape index (κ2) is 14.5. The zero-order valence-electron chi connectivity index (χ0n) is 27.6. The van der Waals surface area contributed by atoms with Gasteiger partial charge in [-0.05, 0) is 108 Å². The Morgan fingerprint density at radius 2 is 1.13 bits per heavy atom. The van der Waals surface area contributed by atoms with Crippen LogP contribution in [0.3, 0.4) is 0 Å². The van der Waals surface area contributed by atoms with E-state index in [0.717, 1.165) is 41.9 Å². The first-order valence-electron chi connectivity index (χ1n) is 16.6. The van der Waals surface area contributed by atoms with Crippen molar-refractivity contribution < 1.29 is 14.6 Å². The zero-order chi connectivity index (χ0) is 31.8. The molecular weight excluding hydrogens is 552 g/mol. The van der Waals surface area contributed by atoms with Crippen molar-refractivity contribution in [2.45, 2.75) is 91.5 Å². The highest BCUT2D eigenvalue weighted by Crippen LogP contribution is 2.46. The van der Waals surface area contributed by atoms with Crippen LogP contribution in [0.5, 0.6) is 11.5 Å². The van der Waals surface area contributed by atoms with Crippen molar-refractivity contribution in [2.75, 3.05) is 0 Å². The summed E-state index contributed by atoms with van der Waals surface area (Å²) in [6.07, 6.45) is 10.1. The molecule has 6 rings (SSSR count). The Labute approximate surface area is 270 Å². The Morgan fingerprint density at radius 1 is 0.600 bits per heavy atom. The van der Waals surface area contributed by atoms with Crippen LogP contribution in [0.4, 0.5) is 0 Å². The average molecular weight is 603 g/mol. The minimum absolute atomic E-state index is 0.204. The van der Waals surface area contributed by atoms with Crippen LogP contribution in [0.2, 0.25) is 0 Å². The molecule has 1 atom stereocenters. The van der Waals surface area contributed by atoms with Gasteiger partial charge in [0.15, 0.2) is 0 Å². The molecule has 1 unspecified atom stereocenters. The van der Waals surface area contributed by atoms with Crippen LogP contribution in [0.1, 0.15) is 94.9 Å². The lowest BCUT2D eigenvalue weighted by Crippen LogP contribution is -2.36. The molecule has 3 nitrogen and oxygen atoms in total. The van der Waals surface area contributed by atoms with E-state index in [4.69, 9.17) is 9.47 Å². The number of rotatable bonds is 8. The molecule has 45 heavy (non-hydrogen) atoms. The Morgan fingerprint density at radius 3 is 1.64 bits per heavy atom. The monoisotopic (exact) mass is 602 g/mol. The van der Waals surface area contributed by atoms with Gasteiger partial charge in [0.05, 0.1) is 5.60 Å². The Kier molecular flexibility index (Phi) is 10.5. The topological polar surface area (TPSA) is 38.7 Å². The van der Waals surface area contributed by atoms with E-state index in [9.17, 15) is 5.11 Å². The smallest absolute Gasteiger partial charge is 0.119 e. The molecule has 4 aromatic carbocycles. The van der Waals surface area contributed by atoms with E-state index in [1.807, 2.05) is 60.7 Å². The summed E-state index contributed by atoms with van der Waals surface area (Å²) in [6.45, 7) is 10.3. The quantitative estimate of drug-likeness (QED) is 0.218. The fourth-order valence-corrected chi connectivity index (χ4v) is 6.76. The molecule has 1 saturated carbocycles. The van der Waals surface area contributed by atoms with Gasteiger partial charge in [-0.1, -0.05) is 119 Å². The molecule has 0 radical (unpaired) electrons. The summed E-state index contributed by atoms with van der Waals surface area (Å²) in [7, 11) is 0. The average Bonchev–Trinajstić information content (AvgIpc) is 3.03. The molecule has 0 aliphatic heterocycles. The second-order valence-electron chi connectivity index (χ2n) is 14.3. The molecule has 3 heteroatoms. The lowest BCUT2D eigenvalue weighted by atomic mass is 9.67. The van der Waals surface area contributed by atoms with Crippen LogP contribution in [0, 0.1) is 10.8 Å². The highest BCUT2D eigenvalue weighted by Gasteiger charge is 2.39. The summed E-state index contributed by atoms with van der Waals surface area (Å²) in [5, 5.41) is 11.0. The third kappa shape index (κ3) is 9.58. The lowest BCUT2D eigenvalue weighted by molar-refractivity contribution is -0.0440. The minimum Gasteiger partial charge on any atom is -0.489 e. The minimum atomic E-state index is -0.695. The summed E-state index contributed by atoms with van der Waals surface area (Å²) in [4.78, 5) is 0. The Hall–Kier alpha value is -3.82. The van der Waals surface area contributed by atoms with E-state index in [2.05, 4.69) is 82.3 Å². The first-order chi connectivity index (χ1) is 21.6. The molecule has 2 aliphatic carbocycles. The SMILES string of the molecule is CC1(C)C=C(c2ccc(OCc3ccccc3)cc2)CCC1.CC1(C)CCCC(O)(c2ccc(OCc3ccccc3)cc2)C1. The number of benzene rings is 4. The fourth-order valence-electron chi connectivity index (χ4n) is 6.76. The number of hydrogen-bond donors (Lipinski definition) is 1. The molecule has 0 bridgehead atoms. The van der Waals surface area contributed by atoms with E-state index < -0.39 is 5.60 Å². The van der Waals surface area contributed by atoms with E-state index in [0.29, 0.717) is 18.6 Å². The summed E-state index contributed by atoms with van der Waals surface area (Å²) in [5.41, 5.74) is 6.02. The van der Waals surface area contributed by atoms with Gasteiger partial charge >= 0.3 is 0 Å². The molecule has 0 amide bonds. The van der Waals surface area contributed by atoms with Gasteiger partial charge in [-0.2, -0.15) is 0 Å². The number of hydrogen-bond acceptors (Lipinski definition) is 3. The zero-order valence-corrected chi connectivity index (χ0v) is 27.6. The summed E-state index contributed by atoms with van der Waals surface area (Å²) in [5.74, 6) is 1.78. The largest absolute Gasteiger partial charge is 0.489 e. The van der Waals surface area contributed by atoms with Crippen molar-refractivity contribution in [2.24, 2.45) is 10.8 Å².